The van der Waals surface area contributed by atoms with Gasteiger partial charge in [-0.3, -0.25) is 14.6 Å². The second kappa shape index (κ2) is 10.2. The molecule has 1 aliphatic rings. The molecule has 0 bridgehead atoms. The fourth-order valence-electron chi connectivity index (χ4n) is 3.51. The van der Waals surface area contributed by atoms with Crippen LogP contribution in [-0.4, -0.2) is 53.4 Å². The Morgan fingerprint density at radius 2 is 2.15 bits per heavy atom. The molecule has 7 nitrogen and oxygen atoms in total. The van der Waals surface area contributed by atoms with E-state index in [0.717, 1.165) is 51.0 Å². The highest BCUT2D eigenvalue weighted by atomic mass is 16.3. The van der Waals surface area contributed by atoms with Gasteiger partial charge in [0.05, 0.1) is 12.3 Å². The van der Waals surface area contributed by atoms with Crippen LogP contribution < -0.4 is 10.6 Å². The number of furan rings is 1. The molecule has 3 rings (SSSR count). The molecule has 1 fully saturated rings. The third kappa shape index (κ3) is 5.85. The summed E-state index contributed by atoms with van der Waals surface area (Å²) < 4.78 is 7.66. The first-order chi connectivity index (χ1) is 13.3. The van der Waals surface area contributed by atoms with Crippen LogP contribution >= 0.6 is 0 Å². The lowest BCUT2D eigenvalue weighted by Crippen LogP contribution is -2.42. The van der Waals surface area contributed by atoms with Crippen LogP contribution in [0.3, 0.4) is 0 Å². The van der Waals surface area contributed by atoms with Crippen molar-refractivity contribution in [1.29, 1.82) is 0 Å². The minimum atomic E-state index is 0.243. The van der Waals surface area contributed by atoms with Crippen molar-refractivity contribution in [3.8, 4) is 0 Å². The maximum absolute atomic E-state index is 5.71. The van der Waals surface area contributed by atoms with Crippen LogP contribution in [0.15, 0.2) is 46.3 Å². The number of likely N-dealkylation sites (tertiary alicyclic amines) is 1. The second-order valence-corrected chi connectivity index (χ2v) is 7.21. The highest BCUT2D eigenvalue weighted by Gasteiger charge is 2.25. The van der Waals surface area contributed by atoms with Gasteiger partial charge in [0.25, 0.3) is 0 Å². The molecule has 2 unspecified atom stereocenters. The van der Waals surface area contributed by atoms with Gasteiger partial charge in [0.15, 0.2) is 5.96 Å². The third-order valence-corrected chi connectivity index (χ3v) is 4.88. The number of nitrogens with one attached hydrogen (secondary N) is 2. The summed E-state index contributed by atoms with van der Waals surface area (Å²) in [7, 11) is 0. The van der Waals surface area contributed by atoms with Crippen LogP contribution in [0.2, 0.25) is 0 Å². The summed E-state index contributed by atoms with van der Waals surface area (Å²) in [5, 5.41) is 11.1. The van der Waals surface area contributed by atoms with Gasteiger partial charge in [-0.2, -0.15) is 5.10 Å². The molecule has 7 heteroatoms. The molecule has 0 spiro atoms. The molecule has 0 aromatic carbocycles. The number of aromatic nitrogens is 2. The predicted octanol–water partition coefficient (Wildman–Crippen LogP) is 2.50. The Kier molecular flexibility index (Phi) is 7.33. The first-order valence-corrected chi connectivity index (χ1v) is 10.0. The topological polar surface area (TPSA) is 70.6 Å². The summed E-state index contributed by atoms with van der Waals surface area (Å²) in [5.74, 6) is 2.30. The Bertz CT molecular complexity index is 661. The molecule has 2 aromatic rings. The maximum Gasteiger partial charge on any atom is 0.191 e. The highest BCUT2D eigenvalue weighted by Crippen LogP contribution is 2.24. The van der Waals surface area contributed by atoms with Crippen LogP contribution in [0.1, 0.15) is 38.5 Å². The quantitative estimate of drug-likeness (QED) is 0.523. The molecule has 3 heterocycles. The van der Waals surface area contributed by atoms with Crippen molar-refractivity contribution in [3.05, 3.63) is 42.6 Å². The SMILES string of the molecule is CCNC(=NCC(C)Cn1cccn1)NCC(c1ccco1)N1CCCC1. The lowest BCUT2D eigenvalue weighted by atomic mass is 10.2. The van der Waals surface area contributed by atoms with Gasteiger partial charge in [0.2, 0.25) is 0 Å². The van der Waals surface area contributed by atoms with Crippen molar-refractivity contribution in [2.24, 2.45) is 10.9 Å². The van der Waals surface area contributed by atoms with Gasteiger partial charge >= 0.3 is 0 Å². The highest BCUT2D eigenvalue weighted by molar-refractivity contribution is 5.79. The smallest absolute Gasteiger partial charge is 0.191 e. The molecule has 0 radical (unpaired) electrons. The molecule has 1 saturated heterocycles. The lowest BCUT2D eigenvalue weighted by Gasteiger charge is -2.26. The van der Waals surface area contributed by atoms with Crippen LogP contribution in [0.5, 0.6) is 0 Å². The van der Waals surface area contributed by atoms with E-state index in [1.807, 2.05) is 29.2 Å². The van der Waals surface area contributed by atoms with E-state index in [1.54, 1.807) is 6.26 Å². The zero-order valence-electron chi connectivity index (χ0n) is 16.5. The van der Waals surface area contributed by atoms with E-state index in [1.165, 1.54) is 12.8 Å². The molecule has 2 N–H and O–H groups in total. The van der Waals surface area contributed by atoms with Gasteiger partial charge in [0.1, 0.15) is 5.76 Å². The van der Waals surface area contributed by atoms with E-state index < -0.39 is 0 Å². The first-order valence-electron chi connectivity index (χ1n) is 10.0. The standard InChI is InChI=1S/C20H32N6O/c1-3-21-20(22-14-17(2)16-26-12-7-9-24-26)23-15-18(19-8-6-13-27-19)25-10-4-5-11-25/h6-9,12-13,17-18H,3-5,10-11,14-16H2,1-2H3,(H2,21,22,23). The van der Waals surface area contributed by atoms with E-state index in [0.29, 0.717) is 5.92 Å². The molecule has 0 aliphatic carbocycles. The molecule has 1 aliphatic heterocycles. The number of aliphatic imine (C=N–C) groups is 1. The Morgan fingerprint density at radius 1 is 1.30 bits per heavy atom. The number of nitrogens with zero attached hydrogens (tertiary/aromatic N) is 4. The summed E-state index contributed by atoms with van der Waals surface area (Å²) in [4.78, 5) is 7.27. The number of hydrogen-bond acceptors (Lipinski definition) is 4. The van der Waals surface area contributed by atoms with Crippen molar-refractivity contribution in [2.45, 2.75) is 39.3 Å². The van der Waals surface area contributed by atoms with Crippen molar-refractivity contribution in [1.82, 2.24) is 25.3 Å². The molecule has 0 amide bonds. The summed E-state index contributed by atoms with van der Waals surface area (Å²) in [6.07, 6.45) is 8.09. The van der Waals surface area contributed by atoms with Gasteiger partial charge < -0.3 is 15.1 Å². The Balaban J connectivity index is 1.56. The van der Waals surface area contributed by atoms with Crippen LogP contribution in [-0.2, 0) is 6.54 Å². The van der Waals surface area contributed by atoms with Crippen molar-refractivity contribution < 1.29 is 4.42 Å². The van der Waals surface area contributed by atoms with Crippen molar-refractivity contribution in [3.63, 3.8) is 0 Å². The Morgan fingerprint density at radius 3 is 2.81 bits per heavy atom. The summed E-state index contributed by atoms with van der Waals surface area (Å²) in [5.41, 5.74) is 0. The zero-order chi connectivity index (χ0) is 18.9. The molecule has 27 heavy (non-hydrogen) atoms. The lowest BCUT2D eigenvalue weighted by molar-refractivity contribution is 0.215. The molecule has 2 aromatic heterocycles. The van der Waals surface area contributed by atoms with Crippen molar-refractivity contribution >= 4 is 5.96 Å². The fraction of sp³-hybridized carbons (Fsp3) is 0.600. The number of rotatable bonds is 9. The monoisotopic (exact) mass is 372 g/mol. The maximum atomic E-state index is 5.71. The van der Waals surface area contributed by atoms with E-state index >= 15 is 0 Å². The molecular weight excluding hydrogens is 340 g/mol. The fourth-order valence-corrected chi connectivity index (χ4v) is 3.51. The Hall–Kier alpha value is -2.28. The summed E-state index contributed by atoms with van der Waals surface area (Å²) >= 11 is 0. The molecule has 0 saturated carbocycles. The second-order valence-electron chi connectivity index (χ2n) is 7.21. The van der Waals surface area contributed by atoms with E-state index in [9.17, 15) is 0 Å². The average Bonchev–Trinajstić information content (AvgIpc) is 3.42. The largest absolute Gasteiger partial charge is 0.468 e. The van der Waals surface area contributed by atoms with E-state index in [-0.39, 0.29) is 6.04 Å². The van der Waals surface area contributed by atoms with Crippen LogP contribution in [0.25, 0.3) is 0 Å². The van der Waals surface area contributed by atoms with Crippen LogP contribution in [0.4, 0.5) is 0 Å². The molecule has 148 valence electrons. The van der Waals surface area contributed by atoms with Gasteiger partial charge in [-0.05, 0) is 57.0 Å². The number of hydrogen-bond donors (Lipinski definition) is 2. The summed E-state index contributed by atoms with van der Waals surface area (Å²) in [6.45, 7) is 9.80. The molecule has 2 atom stereocenters. The van der Waals surface area contributed by atoms with E-state index in [4.69, 9.17) is 9.41 Å². The minimum absolute atomic E-state index is 0.243. The Labute approximate surface area is 161 Å². The average molecular weight is 373 g/mol. The first kappa shape index (κ1) is 19.5. The minimum Gasteiger partial charge on any atom is -0.468 e. The zero-order valence-corrected chi connectivity index (χ0v) is 16.5. The van der Waals surface area contributed by atoms with Gasteiger partial charge in [0, 0.05) is 38.6 Å². The van der Waals surface area contributed by atoms with Gasteiger partial charge in [-0.25, -0.2) is 0 Å². The third-order valence-electron chi connectivity index (χ3n) is 4.88. The van der Waals surface area contributed by atoms with Gasteiger partial charge in [-0.15, -0.1) is 0 Å². The predicted molar refractivity (Wildman–Crippen MR) is 108 cm³/mol. The van der Waals surface area contributed by atoms with Gasteiger partial charge in [-0.1, -0.05) is 6.92 Å². The van der Waals surface area contributed by atoms with Crippen LogP contribution in [0, 0.1) is 5.92 Å². The van der Waals surface area contributed by atoms with Crippen molar-refractivity contribution in [2.75, 3.05) is 32.7 Å². The molecular formula is C20H32N6O. The van der Waals surface area contributed by atoms with E-state index in [2.05, 4.69) is 40.5 Å². The number of guanidine groups is 1. The summed E-state index contributed by atoms with van der Waals surface area (Å²) in [6, 6.07) is 6.23. The normalized spacial score (nSPS) is 17.8.